The molecule has 2 aliphatic rings. The predicted molar refractivity (Wildman–Crippen MR) is 133 cm³/mol. The average molecular weight is 515 g/mol. The van der Waals surface area contributed by atoms with Crippen LogP contribution in [0.2, 0.25) is 10.0 Å². The van der Waals surface area contributed by atoms with Gasteiger partial charge >= 0.3 is 6.03 Å². The van der Waals surface area contributed by atoms with Crippen molar-refractivity contribution in [1.29, 1.82) is 0 Å². The second-order valence-electron chi connectivity index (χ2n) is 8.95. The molecular weight excluding hydrogens is 491 g/mol. The predicted octanol–water partition coefficient (Wildman–Crippen LogP) is 4.22. The van der Waals surface area contributed by atoms with Crippen molar-refractivity contribution in [3.8, 4) is 5.75 Å². The van der Waals surface area contributed by atoms with Crippen LogP contribution < -0.4 is 10.1 Å². The Morgan fingerprint density at radius 1 is 1.23 bits per heavy atom. The smallest absolute Gasteiger partial charge is 0.328 e. The van der Waals surface area contributed by atoms with E-state index in [0.717, 1.165) is 21.4 Å². The summed E-state index contributed by atoms with van der Waals surface area (Å²) in [6.07, 6.45) is 0.584. The summed E-state index contributed by atoms with van der Waals surface area (Å²) in [6.45, 7) is 3.79. The van der Waals surface area contributed by atoms with E-state index in [0.29, 0.717) is 40.0 Å². The molecule has 8 nitrogen and oxygen atoms in total. The van der Waals surface area contributed by atoms with Crippen molar-refractivity contribution in [2.45, 2.75) is 38.4 Å². The summed E-state index contributed by atoms with van der Waals surface area (Å²) in [6, 6.07) is 9.18. The molecule has 2 aromatic carbocycles. The Kier molecular flexibility index (Phi) is 5.68. The summed E-state index contributed by atoms with van der Waals surface area (Å²) in [4.78, 5) is 46.1. The Bertz CT molecular complexity index is 1390. The van der Waals surface area contributed by atoms with Gasteiger partial charge in [-0.15, -0.1) is 0 Å². The van der Waals surface area contributed by atoms with Gasteiger partial charge in [0.25, 0.3) is 5.91 Å². The molecule has 182 valence electrons. The summed E-state index contributed by atoms with van der Waals surface area (Å²) in [5.74, 6) is -0.176. The third-order valence-electron chi connectivity index (χ3n) is 7.03. The number of amides is 4. The van der Waals surface area contributed by atoms with Crippen molar-refractivity contribution in [3.05, 3.63) is 63.3 Å². The van der Waals surface area contributed by atoms with Gasteiger partial charge < -0.3 is 19.9 Å². The number of nitrogens with one attached hydrogen (secondary N) is 2. The van der Waals surface area contributed by atoms with E-state index in [-0.39, 0.29) is 6.54 Å². The van der Waals surface area contributed by atoms with E-state index in [4.69, 9.17) is 27.9 Å². The molecule has 2 atom stereocenters. The number of hydrogen-bond acceptors (Lipinski definition) is 4. The van der Waals surface area contributed by atoms with Crippen molar-refractivity contribution < 1.29 is 19.1 Å². The molecule has 1 fully saturated rings. The first kappa shape index (κ1) is 23.5. The van der Waals surface area contributed by atoms with Crippen LogP contribution in [0.15, 0.2) is 36.4 Å². The first-order valence-electron chi connectivity index (χ1n) is 11.2. The normalized spacial score (nSPS) is 20.1. The van der Waals surface area contributed by atoms with E-state index in [9.17, 15) is 14.4 Å². The monoisotopic (exact) mass is 514 g/mol. The quantitative estimate of drug-likeness (QED) is 0.498. The minimum absolute atomic E-state index is 0.143. The lowest BCUT2D eigenvalue weighted by atomic mass is 9.87. The second-order valence-corrected chi connectivity index (χ2v) is 9.79. The number of ether oxygens (including phenoxy) is 1. The van der Waals surface area contributed by atoms with E-state index in [1.54, 1.807) is 44.1 Å². The third kappa shape index (κ3) is 3.54. The molecule has 2 unspecified atom stereocenters. The molecule has 2 aliphatic heterocycles. The van der Waals surface area contributed by atoms with Crippen molar-refractivity contribution in [3.63, 3.8) is 0 Å². The molecule has 0 spiro atoms. The number of fused-ring (bicyclic) bond motifs is 5. The molecule has 4 amide bonds. The zero-order valence-electron chi connectivity index (χ0n) is 19.4. The van der Waals surface area contributed by atoms with E-state index in [2.05, 4.69) is 10.3 Å². The number of methoxy groups -OCH3 is 1. The topological polar surface area (TPSA) is 94.7 Å². The summed E-state index contributed by atoms with van der Waals surface area (Å²) in [5.41, 5.74) is 1.97. The molecule has 35 heavy (non-hydrogen) atoms. The van der Waals surface area contributed by atoms with Crippen LogP contribution >= 0.6 is 23.2 Å². The van der Waals surface area contributed by atoms with Gasteiger partial charge in [-0.05, 0) is 61.7 Å². The molecule has 3 aromatic rings. The fourth-order valence-electron chi connectivity index (χ4n) is 5.03. The van der Waals surface area contributed by atoms with Gasteiger partial charge in [-0.2, -0.15) is 0 Å². The summed E-state index contributed by atoms with van der Waals surface area (Å²) in [5, 5.41) is 4.65. The van der Waals surface area contributed by atoms with E-state index >= 15 is 0 Å². The number of carbonyl (C=O) groups excluding carboxylic acids is 3. The van der Waals surface area contributed by atoms with Gasteiger partial charge in [0.2, 0.25) is 5.91 Å². The number of aromatic amines is 1. The fourth-order valence-corrected chi connectivity index (χ4v) is 5.50. The first-order chi connectivity index (χ1) is 16.7. The molecule has 0 radical (unpaired) electrons. The van der Waals surface area contributed by atoms with Crippen LogP contribution in [0.3, 0.4) is 0 Å². The van der Waals surface area contributed by atoms with Crippen LogP contribution in [0.4, 0.5) is 4.79 Å². The summed E-state index contributed by atoms with van der Waals surface area (Å²) in [7, 11) is 1.60. The van der Waals surface area contributed by atoms with Gasteiger partial charge in [0.05, 0.1) is 12.8 Å². The van der Waals surface area contributed by atoms with Crippen LogP contribution in [0.1, 0.15) is 30.7 Å². The van der Waals surface area contributed by atoms with Gasteiger partial charge in [0, 0.05) is 34.0 Å². The lowest BCUT2D eigenvalue weighted by molar-refractivity contribution is -0.139. The maximum Gasteiger partial charge on any atom is 0.328 e. The number of imide groups is 1. The lowest BCUT2D eigenvalue weighted by Crippen LogP contribution is -2.49. The van der Waals surface area contributed by atoms with Gasteiger partial charge in [0.1, 0.15) is 11.8 Å². The maximum absolute atomic E-state index is 13.7. The number of rotatable bonds is 5. The Hall–Kier alpha value is -3.23. The number of hydrogen-bond donors (Lipinski definition) is 2. The van der Waals surface area contributed by atoms with Crippen molar-refractivity contribution in [2.24, 2.45) is 0 Å². The van der Waals surface area contributed by atoms with Crippen LogP contribution in [-0.4, -0.2) is 52.3 Å². The molecule has 5 rings (SSSR count). The number of urea groups is 1. The van der Waals surface area contributed by atoms with Crippen molar-refractivity contribution >= 4 is 52.0 Å². The Morgan fingerprint density at radius 3 is 2.71 bits per heavy atom. The molecule has 0 aliphatic carbocycles. The standard InChI is InChI=1S/C25H24Cl2N4O4/c1-13(22(32)28-12-14-4-5-15(26)10-19(14)27)31-23(33)25(2)21-17(8-9-30(25)24(31)34)18-11-16(35-3)6-7-20(18)29-21/h4-7,10-11,13,29H,8-9,12H2,1-3H3,(H,28,32). The molecule has 1 aromatic heterocycles. The molecule has 2 N–H and O–H groups in total. The Labute approximate surface area is 212 Å². The number of benzene rings is 2. The number of nitrogens with zero attached hydrogens (tertiary/aromatic N) is 2. The SMILES string of the molecule is COc1ccc2[nH]c3c(c2c1)CCN1C(=O)N(C(C)C(=O)NCc2ccc(Cl)cc2Cl)C(=O)C31C. The highest BCUT2D eigenvalue weighted by molar-refractivity contribution is 6.35. The minimum Gasteiger partial charge on any atom is -0.497 e. The van der Waals surface area contributed by atoms with E-state index in [1.165, 1.54) is 0 Å². The Morgan fingerprint density at radius 2 is 2.00 bits per heavy atom. The number of aromatic nitrogens is 1. The van der Waals surface area contributed by atoms with E-state index < -0.39 is 29.4 Å². The van der Waals surface area contributed by atoms with Crippen LogP contribution in [0, 0.1) is 0 Å². The largest absolute Gasteiger partial charge is 0.497 e. The average Bonchev–Trinajstić information content (AvgIpc) is 3.30. The molecule has 3 heterocycles. The van der Waals surface area contributed by atoms with Crippen molar-refractivity contribution in [1.82, 2.24) is 20.1 Å². The second kappa shape index (κ2) is 8.46. The highest BCUT2D eigenvalue weighted by Crippen LogP contribution is 2.45. The molecule has 1 saturated heterocycles. The van der Waals surface area contributed by atoms with Crippen LogP contribution in [-0.2, 0) is 28.1 Å². The number of carbonyl (C=O) groups is 3. The maximum atomic E-state index is 13.7. The van der Waals surface area contributed by atoms with Gasteiger partial charge in [-0.3, -0.25) is 9.59 Å². The zero-order chi connectivity index (χ0) is 25.1. The lowest BCUT2D eigenvalue weighted by Gasteiger charge is -2.36. The van der Waals surface area contributed by atoms with E-state index in [1.807, 2.05) is 18.2 Å². The Balaban J connectivity index is 1.42. The first-order valence-corrected chi connectivity index (χ1v) is 12.0. The summed E-state index contributed by atoms with van der Waals surface area (Å²) >= 11 is 12.1. The van der Waals surface area contributed by atoms with Crippen LogP contribution in [0.25, 0.3) is 10.9 Å². The van der Waals surface area contributed by atoms with Crippen LogP contribution in [0.5, 0.6) is 5.75 Å². The highest BCUT2D eigenvalue weighted by Gasteiger charge is 2.60. The fraction of sp³-hybridized carbons (Fsp3) is 0.320. The molecule has 0 bridgehead atoms. The van der Waals surface area contributed by atoms with Crippen molar-refractivity contribution in [2.75, 3.05) is 13.7 Å². The van der Waals surface area contributed by atoms with Gasteiger partial charge in [0.15, 0.2) is 5.54 Å². The molecule has 0 saturated carbocycles. The number of H-pyrrole nitrogens is 1. The van der Waals surface area contributed by atoms with Gasteiger partial charge in [-0.25, -0.2) is 9.69 Å². The zero-order valence-corrected chi connectivity index (χ0v) is 21.0. The third-order valence-corrected chi connectivity index (χ3v) is 7.62. The minimum atomic E-state index is -1.23. The molecular formula is C25H24Cl2N4O4. The molecule has 10 heteroatoms. The van der Waals surface area contributed by atoms with Gasteiger partial charge in [-0.1, -0.05) is 29.3 Å². The number of halogens is 2. The highest BCUT2D eigenvalue weighted by atomic mass is 35.5. The summed E-state index contributed by atoms with van der Waals surface area (Å²) < 4.78 is 5.36.